The highest BCUT2D eigenvalue weighted by Crippen LogP contribution is 2.37. The number of hydrogen-bond donors (Lipinski definition) is 0. The lowest BCUT2D eigenvalue weighted by Crippen LogP contribution is -2.10. The van der Waals surface area contributed by atoms with Crippen molar-refractivity contribution in [2.75, 3.05) is 19.1 Å². The molecule has 0 saturated carbocycles. The van der Waals surface area contributed by atoms with Crippen LogP contribution in [0.15, 0.2) is 18.2 Å². The number of nitrogens with zero attached hydrogens (tertiary/aromatic N) is 2. The molecule has 1 aromatic carbocycles. The summed E-state index contributed by atoms with van der Waals surface area (Å²) in [7, 11) is 0. The second-order valence-corrected chi connectivity index (χ2v) is 4.78. The van der Waals surface area contributed by atoms with E-state index >= 15 is 0 Å². The van der Waals surface area contributed by atoms with Crippen LogP contribution in [0.5, 0.6) is 11.5 Å². The standard InChI is InChI=1S/C11H10N2O4S/c12-3-4-18-11(6-13(14)15)8-1-2-9-10(5-8)17-7-16-9/h1-2,5,11H,4,6-7H2. The van der Waals surface area contributed by atoms with Gasteiger partial charge in [-0.25, -0.2) is 0 Å². The van der Waals surface area contributed by atoms with Crippen LogP contribution in [0, 0.1) is 21.4 Å². The third kappa shape index (κ3) is 2.84. The Bertz CT molecular complexity index is 500. The van der Waals surface area contributed by atoms with E-state index in [1.807, 2.05) is 6.07 Å². The molecule has 1 aliphatic heterocycles. The van der Waals surface area contributed by atoms with Gasteiger partial charge in [-0.15, -0.1) is 11.8 Å². The van der Waals surface area contributed by atoms with Gasteiger partial charge in [0.1, 0.15) is 0 Å². The molecule has 0 spiro atoms. The molecule has 1 heterocycles. The zero-order valence-corrected chi connectivity index (χ0v) is 10.2. The first-order valence-electron chi connectivity index (χ1n) is 5.20. The first-order valence-corrected chi connectivity index (χ1v) is 6.25. The number of thioether (sulfide) groups is 1. The van der Waals surface area contributed by atoms with Crippen molar-refractivity contribution < 1.29 is 14.4 Å². The first kappa shape index (κ1) is 12.5. The number of ether oxygens (including phenoxy) is 2. The molecule has 2 rings (SSSR count). The van der Waals surface area contributed by atoms with Crippen LogP contribution in [0.4, 0.5) is 0 Å². The summed E-state index contributed by atoms with van der Waals surface area (Å²) in [4.78, 5) is 10.3. The van der Waals surface area contributed by atoms with Gasteiger partial charge in [0.2, 0.25) is 13.3 Å². The van der Waals surface area contributed by atoms with Crippen LogP contribution in [-0.2, 0) is 0 Å². The van der Waals surface area contributed by atoms with Gasteiger partial charge >= 0.3 is 0 Å². The van der Waals surface area contributed by atoms with Crippen molar-refractivity contribution in [3.05, 3.63) is 33.9 Å². The quantitative estimate of drug-likeness (QED) is 0.598. The molecule has 0 bridgehead atoms. The van der Waals surface area contributed by atoms with Gasteiger partial charge in [0.25, 0.3) is 0 Å². The first-order chi connectivity index (χ1) is 8.70. The van der Waals surface area contributed by atoms with Crippen LogP contribution in [0.3, 0.4) is 0 Å². The van der Waals surface area contributed by atoms with Crippen molar-refractivity contribution >= 4 is 11.8 Å². The van der Waals surface area contributed by atoms with Crippen LogP contribution in [-0.4, -0.2) is 24.0 Å². The molecule has 0 amide bonds. The van der Waals surface area contributed by atoms with Gasteiger partial charge in [0, 0.05) is 4.92 Å². The van der Waals surface area contributed by atoms with Crippen LogP contribution in [0.25, 0.3) is 0 Å². The summed E-state index contributed by atoms with van der Waals surface area (Å²) in [6.07, 6.45) is 0. The molecular weight excluding hydrogens is 256 g/mol. The highest BCUT2D eigenvalue weighted by molar-refractivity contribution is 7.99. The van der Waals surface area contributed by atoms with Crippen molar-refractivity contribution in [2.45, 2.75) is 5.25 Å². The number of nitriles is 1. The Morgan fingerprint density at radius 2 is 2.28 bits per heavy atom. The van der Waals surface area contributed by atoms with Crippen LogP contribution in [0.1, 0.15) is 10.8 Å². The summed E-state index contributed by atoms with van der Waals surface area (Å²) in [6.45, 7) is -0.0456. The van der Waals surface area contributed by atoms with Gasteiger partial charge in [0.15, 0.2) is 11.5 Å². The van der Waals surface area contributed by atoms with Crippen molar-refractivity contribution in [2.24, 2.45) is 0 Å². The highest BCUT2D eigenvalue weighted by atomic mass is 32.2. The average molecular weight is 266 g/mol. The zero-order chi connectivity index (χ0) is 13.0. The largest absolute Gasteiger partial charge is 0.454 e. The van der Waals surface area contributed by atoms with Gasteiger partial charge in [-0.1, -0.05) is 6.07 Å². The molecule has 1 aliphatic rings. The van der Waals surface area contributed by atoms with E-state index in [9.17, 15) is 10.1 Å². The fourth-order valence-electron chi connectivity index (χ4n) is 1.64. The predicted octanol–water partition coefficient (Wildman–Crippen LogP) is 1.99. The maximum Gasteiger partial charge on any atom is 0.231 e. The van der Waals surface area contributed by atoms with Gasteiger partial charge < -0.3 is 9.47 Å². The minimum Gasteiger partial charge on any atom is -0.454 e. The van der Waals surface area contributed by atoms with Crippen LogP contribution in [0.2, 0.25) is 0 Å². The lowest BCUT2D eigenvalue weighted by molar-refractivity contribution is -0.479. The number of rotatable bonds is 5. The molecule has 0 aromatic heterocycles. The number of nitro groups is 1. The Balaban J connectivity index is 2.19. The summed E-state index contributed by atoms with van der Waals surface area (Å²) in [5, 5.41) is 18.8. The molecule has 1 atom stereocenters. The molecule has 1 aromatic rings. The molecule has 7 heteroatoms. The number of fused-ring (bicyclic) bond motifs is 1. The van der Waals surface area contributed by atoms with Crippen LogP contribution < -0.4 is 9.47 Å². The van der Waals surface area contributed by atoms with E-state index in [4.69, 9.17) is 14.7 Å². The Morgan fingerprint density at radius 1 is 1.50 bits per heavy atom. The third-order valence-corrected chi connectivity index (χ3v) is 3.55. The maximum atomic E-state index is 10.6. The molecule has 18 heavy (non-hydrogen) atoms. The van der Waals surface area contributed by atoms with Gasteiger partial charge in [-0.2, -0.15) is 5.26 Å². The van der Waals surface area contributed by atoms with E-state index in [1.165, 1.54) is 11.8 Å². The second kappa shape index (κ2) is 5.60. The molecule has 0 aliphatic carbocycles. The minimum atomic E-state index is -0.375. The van der Waals surface area contributed by atoms with E-state index in [0.29, 0.717) is 11.5 Å². The van der Waals surface area contributed by atoms with Crippen LogP contribution >= 0.6 is 11.8 Å². The smallest absolute Gasteiger partial charge is 0.231 e. The van der Waals surface area contributed by atoms with Gasteiger partial charge in [-0.3, -0.25) is 10.1 Å². The zero-order valence-electron chi connectivity index (χ0n) is 9.37. The lowest BCUT2D eigenvalue weighted by Gasteiger charge is -2.11. The Morgan fingerprint density at radius 3 is 3.00 bits per heavy atom. The monoisotopic (exact) mass is 266 g/mol. The predicted molar refractivity (Wildman–Crippen MR) is 65.2 cm³/mol. The summed E-state index contributed by atoms with van der Waals surface area (Å²) in [6, 6.07) is 7.22. The van der Waals surface area contributed by atoms with E-state index in [2.05, 4.69) is 0 Å². The summed E-state index contributed by atoms with van der Waals surface area (Å²) < 4.78 is 10.4. The molecule has 0 radical (unpaired) electrons. The molecule has 94 valence electrons. The van der Waals surface area contributed by atoms with Crippen molar-refractivity contribution in [3.8, 4) is 17.6 Å². The highest BCUT2D eigenvalue weighted by Gasteiger charge is 2.22. The van der Waals surface area contributed by atoms with E-state index in [1.54, 1.807) is 18.2 Å². The van der Waals surface area contributed by atoms with Crippen molar-refractivity contribution in [1.29, 1.82) is 5.26 Å². The van der Waals surface area contributed by atoms with Crippen molar-refractivity contribution in [3.63, 3.8) is 0 Å². The lowest BCUT2D eigenvalue weighted by atomic mass is 10.1. The summed E-state index contributed by atoms with van der Waals surface area (Å²) in [5.41, 5.74) is 0.774. The number of benzene rings is 1. The topological polar surface area (TPSA) is 85.4 Å². The van der Waals surface area contributed by atoms with E-state index in [0.717, 1.165) is 5.56 Å². The van der Waals surface area contributed by atoms with E-state index in [-0.39, 0.29) is 29.3 Å². The van der Waals surface area contributed by atoms with Gasteiger partial charge in [-0.05, 0) is 17.7 Å². The molecule has 6 nitrogen and oxygen atoms in total. The third-order valence-electron chi connectivity index (χ3n) is 2.43. The molecule has 0 saturated heterocycles. The molecule has 0 fully saturated rings. The Hall–Kier alpha value is -1.94. The maximum absolute atomic E-state index is 10.6. The van der Waals surface area contributed by atoms with Gasteiger partial charge in [0.05, 0.1) is 17.1 Å². The average Bonchev–Trinajstić information content (AvgIpc) is 2.81. The molecule has 1 unspecified atom stereocenters. The normalized spacial score (nSPS) is 13.9. The van der Waals surface area contributed by atoms with E-state index < -0.39 is 0 Å². The summed E-state index contributed by atoms with van der Waals surface area (Å²) >= 11 is 1.25. The fourth-order valence-corrected chi connectivity index (χ4v) is 2.48. The number of hydrogen-bond acceptors (Lipinski definition) is 6. The summed E-state index contributed by atoms with van der Waals surface area (Å²) in [5.74, 6) is 1.45. The van der Waals surface area contributed by atoms with Crippen molar-refractivity contribution in [1.82, 2.24) is 0 Å². The molecule has 0 N–H and O–H groups in total. The second-order valence-electron chi connectivity index (χ2n) is 3.59. The molecular formula is C11H10N2O4S. The SMILES string of the molecule is N#CCSC(C[N+](=O)[O-])c1ccc2c(c1)OCO2. The fraction of sp³-hybridized carbons (Fsp3) is 0.364. The Kier molecular flexibility index (Phi) is 3.89. The minimum absolute atomic E-state index is 0.171. The Labute approximate surface area is 108 Å².